The Labute approximate surface area is 113 Å². The van der Waals surface area contributed by atoms with Crippen LogP contribution < -0.4 is 16.0 Å². The summed E-state index contributed by atoms with van der Waals surface area (Å²) in [5.74, 6) is -1.89. The summed E-state index contributed by atoms with van der Waals surface area (Å²) in [6.07, 6.45) is -4.69. The molecule has 0 aromatic carbocycles. The molecule has 1 fully saturated rings. The summed E-state index contributed by atoms with van der Waals surface area (Å²) in [6.45, 7) is 3.88. The second kappa shape index (κ2) is 4.50. The first-order valence-corrected chi connectivity index (χ1v) is 5.90. The van der Waals surface area contributed by atoms with Gasteiger partial charge in [-0.2, -0.15) is 13.2 Å². The van der Waals surface area contributed by atoms with Crippen molar-refractivity contribution in [3.63, 3.8) is 0 Å². The number of alkyl halides is 3. The zero-order valence-electron chi connectivity index (χ0n) is 11.0. The van der Waals surface area contributed by atoms with E-state index in [0.29, 0.717) is 13.1 Å². The van der Waals surface area contributed by atoms with Crippen molar-refractivity contribution in [2.75, 3.05) is 23.7 Å². The predicted octanol–water partition coefficient (Wildman–Crippen LogP) is 0.792. The van der Waals surface area contributed by atoms with Crippen LogP contribution in [0.1, 0.15) is 19.7 Å². The number of nitrogen functional groups attached to an aromatic ring is 1. The van der Waals surface area contributed by atoms with Gasteiger partial charge in [-0.15, -0.1) is 0 Å². The molecule has 2 heterocycles. The van der Waals surface area contributed by atoms with Crippen molar-refractivity contribution in [1.29, 1.82) is 0 Å². The van der Waals surface area contributed by atoms with Gasteiger partial charge in [0.15, 0.2) is 0 Å². The molecule has 1 saturated heterocycles. The van der Waals surface area contributed by atoms with Crippen LogP contribution >= 0.6 is 0 Å². The maximum atomic E-state index is 12.7. The first-order chi connectivity index (χ1) is 9.12. The Hall–Kier alpha value is -2.06. The van der Waals surface area contributed by atoms with Gasteiger partial charge < -0.3 is 16.0 Å². The van der Waals surface area contributed by atoms with E-state index in [4.69, 9.17) is 5.73 Å². The van der Waals surface area contributed by atoms with Crippen LogP contribution in [0, 0.1) is 0 Å². The fourth-order valence-electron chi connectivity index (χ4n) is 2.02. The molecule has 1 aliphatic heterocycles. The SMILES string of the molecule is CC1(C)C(=O)NCCN1c1cc(N)nc(C(F)(F)F)n1. The van der Waals surface area contributed by atoms with Crippen LogP contribution in [-0.4, -0.2) is 34.5 Å². The molecule has 0 bridgehead atoms. The van der Waals surface area contributed by atoms with E-state index >= 15 is 0 Å². The van der Waals surface area contributed by atoms with Gasteiger partial charge in [0.25, 0.3) is 0 Å². The largest absolute Gasteiger partial charge is 0.451 e. The van der Waals surface area contributed by atoms with Gasteiger partial charge in [0.2, 0.25) is 11.7 Å². The monoisotopic (exact) mass is 289 g/mol. The molecular formula is C11H14F3N5O. The van der Waals surface area contributed by atoms with E-state index in [0.717, 1.165) is 0 Å². The number of halogens is 3. The third-order valence-electron chi connectivity index (χ3n) is 3.11. The lowest BCUT2D eigenvalue weighted by molar-refractivity contribution is -0.144. The lowest BCUT2D eigenvalue weighted by atomic mass is 9.99. The number of carbonyl (C=O) groups excluding carboxylic acids is 1. The highest BCUT2D eigenvalue weighted by Gasteiger charge is 2.40. The number of rotatable bonds is 1. The Morgan fingerprint density at radius 1 is 1.40 bits per heavy atom. The second-order valence-corrected chi connectivity index (χ2v) is 4.94. The minimum atomic E-state index is -4.69. The van der Waals surface area contributed by atoms with E-state index in [9.17, 15) is 18.0 Å². The molecule has 110 valence electrons. The summed E-state index contributed by atoms with van der Waals surface area (Å²) in [6, 6.07) is 1.23. The molecule has 9 heteroatoms. The molecule has 3 N–H and O–H groups in total. The van der Waals surface area contributed by atoms with Crippen molar-refractivity contribution < 1.29 is 18.0 Å². The standard InChI is InChI=1S/C11H14F3N5O/c1-10(2)9(20)16-3-4-19(10)7-5-6(15)17-8(18-7)11(12,13)14/h5H,3-4H2,1-2H3,(H,16,20)(H2,15,17,18). The maximum absolute atomic E-state index is 12.7. The maximum Gasteiger partial charge on any atom is 0.451 e. The number of amides is 1. The first kappa shape index (κ1) is 14.4. The van der Waals surface area contributed by atoms with Crippen molar-refractivity contribution in [3.05, 3.63) is 11.9 Å². The van der Waals surface area contributed by atoms with Gasteiger partial charge in [-0.1, -0.05) is 0 Å². The zero-order valence-corrected chi connectivity index (χ0v) is 11.0. The molecule has 6 nitrogen and oxygen atoms in total. The summed E-state index contributed by atoms with van der Waals surface area (Å²) in [5.41, 5.74) is 4.40. The molecule has 0 spiro atoms. The summed E-state index contributed by atoms with van der Waals surface area (Å²) < 4.78 is 38.1. The highest BCUT2D eigenvalue weighted by Crippen LogP contribution is 2.31. The number of piperazine rings is 1. The number of nitrogens with one attached hydrogen (secondary N) is 1. The van der Waals surface area contributed by atoms with E-state index in [1.807, 2.05) is 0 Å². The summed E-state index contributed by atoms with van der Waals surface area (Å²) in [5, 5.41) is 2.65. The average Bonchev–Trinajstić information content (AvgIpc) is 2.30. The lowest BCUT2D eigenvalue weighted by Gasteiger charge is -2.42. The van der Waals surface area contributed by atoms with E-state index in [2.05, 4.69) is 15.3 Å². The molecule has 0 atom stereocenters. The molecular weight excluding hydrogens is 275 g/mol. The van der Waals surface area contributed by atoms with Crippen LogP contribution in [-0.2, 0) is 11.0 Å². The van der Waals surface area contributed by atoms with Gasteiger partial charge in [-0.3, -0.25) is 4.79 Å². The highest BCUT2D eigenvalue weighted by molar-refractivity contribution is 5.90. The topological polar surface area (TPSA) is 84.1 Å². The van der Waals surface area contributed by atoms with Crippen LogP contribution in [0.25, 0.3) is 0 Å². The van der Waals surface area contributed by atoms with Gasteiger partial charge in [0, 0.05) is 19.2 Å². The number of hydrogen-bond donors (Lipinski definition) is 2. The van der Waals surface area contributed by atoms with Gasteiger partial charge in [-0.05, 0) is 13.8 Å². The Balaban J connectivity index is 2.47. The zero-order chi connectivity index (χ0) is 15.1. The van der Waals surface area contributed by atoms with E-state index in [1.54, 1.807) is 13.8 Å². The average molecular weight is 289 g/mol. The number of nitrogens with zero attached hydrogens (tertiary/aromatic N) is 3. The molecule has 0 saturated carbocycles. The highest BCUT2D eigenvalue weighted by atomic mass is 19.4. The molecule has 2 rings (SSSR count). The van der Waals surface area contributed by atoms with Crippen LogP contribution in [0.15, 0.2) is 6.07 Å². The smallest absolute Gasteiger partial charge is 0.384 e. The minimum absolute atomic E-state index is 0.00956. The Kier molecular flexibility index (Phi) is 3.23. The number of hydrogen-bond acceptors (Lipinski definition) is 5. The van der Waals surface area contributed by atoms with Crippen molar-refractivity contribution in [3.8, 4) is 0 Å². The molecule has 0 aliphatic carbocycles. The molecule has 20 heavy (non-hydrogen) atoms. The number of aromatic nitrogens is 2. The normalized spacial score (nSPS) is 18.9. The van der Waals surface area contributed by atoms with Crippen molar-refractivity contribution in [2.24, 2.45) is 0 Å². The van der Waals surface area contributed by atoms with Gasteiger partial charge in [0.1, 0.15) is 17.2 Å². The van der Waals surface area contributed by atoms with Crippen LogP contribution in [0.2, 0.25) is 0 Å². The number of anilines is 2. The molecule has 1 aliphatic rings. The minimum Gasteiger partial charge on any atom is -0.384 e. The van der Waals surface area contributed by atoms with Crippen molar-refractivity contribution >= 4 is 17.5 Å². The quantitative estimate of drug-likeness (QED) is 0.798. The molecule has 0 radical (unpaired) electrons. The summed E-state index contributed by atoms with van der Waals surface area (Å²) in [7, 11) is 0. The Morgan fingerprint density at radius 2 is 2.05 bits per heavy atom. The summed E-state index contributed by atoms with van der Waals surface area (Å²) in [4.78, 5) is 20.0. The van der Waals surface area contributed by atoms with Gasteiger partial charge in [0.05, 0.1) is 0 Å². The molecule has 1 aromatic rings. The Bertz CT molecular complexity index is 543. The van der Waals surface area contributed by atoms with Crippen LogP contribution in [0.5, 0.6) is 0 Å². The van der Waals surface area contributed by atoms with E-state index in [-0.39, 0.29) is 17.5 Å². The fraction of sp³-hybridized carbons (Fsp3) is 0.545. The van der Waals surface area contributed by atoms with Crippen molar-refractivity contribution in [1.82, 2.24) is 15.3 Å². The van der Waals surface area contributed by atoms with Crippen LogP contribution in [0.4, 0.5) is 24.8 Å². The lowest BCUT2D eigenvalue weighted by Crippen LogP contribution is -2.62. The molecule has 1 aromatic heterocycles. The predicted molar refractivity (Wildman–Crippen MR) is 65.9 cm³/mol. The fourth-order valence-corrected chi connectivity index (χ4v) is 2.02. The third-order valence-corrected chi connectivity index (χ3v) is 3.11. The molecule has 1 amide bonds. The Morgan fingerprint density at radius 3 is 2.65 bits per heavy atom. The van der Waals surface area contributed by atoms with Crippen LogP contribution in [0.3, 0.4) is 0 Å². The first-order valence-electron chi connectivity index (χ1n) is 5.90. The molecule has 0 unspecified atom stereocenters. The third kappa shape index (κ3) is 2.47. The van der Waals surface area contributed by atoms with Gasteiger partial charge >= 0.3 is 6.18 Å². The van der Waals surface area contributed by atoms with Crippen molar-refractivity contribution in [2.45, 2.75) is 25.6 Å². The van der Waals surface area contributed by atoms with Gasteiger partial charge in [-0.25, -0.2) is 9.97 Å². The number of carbonyl (C=O) groups is 1. The summed E-state index contributed by atoms with van der Waals surface area (Å²) >= 11 is 0. The van der Waals surface area contributed by atoms with E-state index < -0.39 is 17.5 Å². The number of nitrogens with two attached hydrogens (primary N) is 1. The second-order valence-electron chi connectivity index (χ2n) is 4.94. The van der Waals surface area contributed by atoms with E-state index in [1.165, 1.54) is 11.0 Å².